The maximum Gasteiger partial charge on any atom is 0.276 e. The molecule has 3 aromatic heterocycles. The van der Waals surface area contributed by atoms with Crippen LogP contribution in [0.5, 0.6) is 0 Å². The van der Waals surface area contributed by atoms with Crippen molar-refractivity contribution < 1.29 is 23.8 Å². The Hall–Kier alpha value is -4.26. The van der Waals surface area contributed by atoms with Gasteiger partial charge in [-0.2, -0.15) is 14.9 Å². The van der Waals surface area contributed by atoms with Gasteiger partial charge >= 0.3 is 0 Å². The van der Waals surface area contributed by atoms with E-state index in [9.17, 15) is 23.8 Å². The van der Waals surface area contributed by atoms with Crippen LogP contribution in [0, 0.1) is 18.6 Å². The third kappa shape index (κ3) is 4.97. The molecule has 0 aliphatic heterocycles. The van der Waals surface area contributed by atoms with Gasteiger partial charge in [0, 0.05) is 40.5 Å². The number of hydrogen-bond donors (Lipinski definition) is 3. The lowest BCUT2D eigenvalue weighted by Crippen LogP contribution is -2.50. The normalized spacial score (nSPS) is 13.4. The van der Waals surface area contributed by atoms with Gasteiger partial charge < -0.3 is 15.5 Å². The summed E-state index contributed by atoms with van der Waals surface area (Å²) in [5.41, 5.74) is 2.30. The summed E-state index contributed by atoms with van der Waals surface area (Å²) in [4.78, 5) is 21.4. The van der Waals surface area contributed by atoms with E-state index in [4.69, 9.17) is 11.6 Å². The van der Waals surface area contributed by atoms with Gasteiger partial charge in [-0.1, -0.05) is 29.8 Å². The van der Waals surface area contributed by atoms with Crippen LogP contribution in [-0.4, -0.2) is 51.5 Å². The minimum Gasteiger partial charge on any atom is -0.349 e. The fourth-order valence-corrected chi connectivity index (χ4v) is 4.61. The van der Waals surface area contributed by atoms with Gasteiger partial charge in [0.2, 0.25) is 0 Å². The monoisotopic (exact) mass is 553 g/mol. The maximum absolute atomic E-state index is 14.8. The molecule has 13 heteroatoms. The van der Waals surface area contributed by atoms with E-state index < -0.39 is 35.4 Å². The topological polar surface area (TPSA) is 130 Å². The number of hydrogen-bond acceptors (Lipinski definition) is 7. The van der Waals surface area contributed by atoms with Crippen LogP contribution in [-0.2, 0) is 5.91 Å². The predicted octanol–water partition coefficient (Wildman–Crippen LogP) is 3.43. The zero-order chi connectivity index (χ0) is 27.9. The van der Waals surface area contributed by atoms with Crippen LogP contribution in [0.25, 0.3) is 16.9 Å². The number of aliphatic hydroxyl groups is 2. The van der Waals surface area contributed by atoms with Crippen molar-refractivity contribution in [3.05, 3.63) is 101 Å². The van der Waals surface area contributed by atoms with Gasteiger partial charge in [0.15, 0.2) is 5.65 Å². The minimum absolute atomic E-state index is 0.153. The molecule has 200 valence electrons. The number of carbonyl (C=O) groups is 1. The zero-order valence-electron chi connectivity index (χ0n) is 20.6. The highest BCUT2D eigenvalue weighted by molar-refractivity contribution is 6.30. The van der Waals surface area contributed by atoms with E-state index >= 15 is 0 Å². The first-order valence-corrected chi connectivity index (χ1v) is 12.1. The van der Waals surface area contributed by atoms with Crippen LogP contribution in [0.15, 0.2) is 67.4 Å². The fourth-order valence-electron chi connectivity index (χ4n) is 4.49. The molecule has 39 heavy (non-hydrogen) atoms. The molecule has 0 saturated heterocycles. The van der Waals surface area contributed by atoms with Crippen molar-refractivity contribution in [3.8, 4) is 11.3 Å². The van der Waals surface area contributed by atoms with Crippen molar-refractivity contribution >= 4 is 23.2 Å². The molecule has 0 saturated carbocycles. The van der Waals surface area contributed by atoms with Crippen LogP contribution in [0.2, 0.25) is 5.02 Å². The van der Waals surface area contributed by atoms with E-state index in [0.717, 1.165) is 30.4 Å². The van der Waals surface area contributed by atoms with Gasteiger partial charge in [-0.25, -0.2) is 23.3 Å². The van der Waals surface area contributed by atoms with E-state index in [2.05, 4.69) is 25.5 Å². The first-order chi connectivity index (χ1) is 18.6. The summed E-state index contributed by atoms with van der Waals surface area (Å²) in [5.74, 6) is -6.86. The fraction of sp³-hybridized carbons (Fsp3) is 0.192. The molecule has 0 fully saturated rings. The molecule has 2 atom stereocenters. The number of aromatic nitrogens is 6. The van der Waals surface area contributed by atoms with Crippen LogP contribution in [0.3, 0.4) is 0 Å². The standard InChI is InChI=1S/C26H22ClF2N7O3/c1-14(24(19-8-7-18(28)9-21(19)29)26(38,39)35-13-30-12-32-35)33-25(37)20-11-31-23-10-22(34-36(23)15(20)2)16-3-5-17(27)6-4-16/h3-14,24,38-39H,1-2H3,(H,33,37)/t14-,24+/m1/s1. The van der Waals surface area contributed by atoms with Gasteiger partial charge in [-0.05, 0) is 32.0 Å². The summed E-state index contributed by atoms with van der Waals surface area (Å²) < 4.78 is 30.7. The number of nitrogens with one attached hydrogen (secondary N) is 1. The van der Waals surface area contributed by atoms with Crippen molar-refractivity contribution in [2.24, 2.45) is 0 Å². The van der Waals surface area contributed by atoms with Crippen LogP contribution < -0.4 is 5.32 Å². The van der Waals surface area contributed by atoms with Crippen LogP contribution in [0.4, 0.5) is 8.78 Å². The summed E-state index contributed by atoms with van der Waals surface area (Å²) in [5, 5.41) is 33.6. The molecule has 10 nitrogen and oxygen atoms in total. The van der Waals surface area contributed by atoms with E-state index in [1.807, 2.05) is 12.1 Å². The number of carbonyl (C=O) groups excluding carboxylic acids is 1. The first kappa shape index (κ1) is 26.4. The maximum atomic E-state index is 14.8. The average Bonchev–Trinajstić information content (AvgIpc) is 3.57. The lowest BCUT2D eigenvalue weighted by molar-refractivity contribution is -0.257. The lowest BCUT2D eigenvalue weighted by Gasteiger charge is -2.35. The van der Waals surface area contributed by atoms with Gasteiger partial charge in [0.05, 0.1) is 22.9 Å². The summed E-state index contributed by atoms with van der Waals surface area (Å²) in [6.45, 7) is 3.14. The number of benzene rings is 2. The van der Waals surface area contributed by atoms with Crippen LogP contribution >= 0.6 is 11.6 Å². The molecule has 0 unspecified atom stereocenters. The van der Waals surface area contributed by atoms with Crippen molar-refractivity contribution in [1.82, 2.24) is 34.7 Å². The molecule has 3 N–H and O–H groups in total. The Labute approximate surface area is 225 Å². The molecule has 0 radical (unpaired) electrons. The SMILES string of the molecule is Cc1c(C(=O)N[C@H](C)[C@@H](c2ccc(F)cc2F)C(O)(O)n2cncn2)cnc2cc(-c3ccc(Cl)cc3)nn12. The van der Waals surface area contributed by atoms with E-state index in [-0.39, 0.29) is 11.1 Å². The van der Waals surface area contributed by atoms with Gasteiger partial charge in [-0.3, -0.25) is 4.79 Å². The highest BCUT2D eigenvalue weighted by atomic mass is 35.5. The second-order valence-corrected chi connectivity index (χ2v) is 9.43. The smallest absolute Gasteiger partial charge is 0.276 e. The van der Waals surface area contributed by atoms with Crippen molar-refractivity contribution in [3.63, 3.8) is 0 Å². The van der Waals surface area contributed by atoms with Crippen molar-refractivity contribution in [2.45, 2.75) is 31.7 Å². The second kappa shape index (κ2) is 10.1. The Morgan fingerprint density at radius 1 is 1.13 bits per heavy atom. The number of nitrogens with zero attached hydrogens (tertiary/aromatic N) is 6. The van der Waals surface area contributed by atoms with Gasteiger partial charge in [-0.15, -0.1) is 0 Å². The van der Waals surface area contributed by atoms with Crippen molar-refractivity contribution in [1.29, 1.82) is 0 Å². The Balaban J connectivity index is 1.48. The van der Waals surface area contributed by atoms with Gasteiger partial charge in [0.1, 0.15) is 24.3 Å². The number of amides is 1. The Kier molecular flexibility index (Phi) is 6.85. The number of aryl methyl sites for hydroxylation is 1. The second-order valence-electron chi connectivity index (χ2n) is 9.00. The zero-order valence-corrected chi connectivity index (χ0v) is 21.4. The molecule has 0 aliphatic carbocycles. The summed E-state index contributed by atoms with van der Waals surface area (Å²) in [6.07, 6.45) is 3.46. The molecule has 5 aromatic rings. The largest absolute Gasteiger partial charge is 0.349 e. The molecule has 1 amide bonds. The average molecular weight is 554 g/mol. The minimum atomic E-state index is -2.84. The highest BCUT2D eigenvalue weighted by Crippen LogP contribution is 2.35. The van der Waals surface area contributed by atoms with Gasteiger partial charge in [0.25, 0.3) is 11.8 Å². The number of rotatable bonds is 7. The molecule has 0 aliphatic rings. The first-order valence-electron chi connectivity index (χ1n) is 11.7. The predicted molar refractivity (Wildman–Crippen MR) is 137 cm³/mol. The third-order valence-corrected chi connectivity index (χ3v) is 6.69. The molecular formula is C26H22ClF2N7O3. The molecule has 0 bridgehead atoms. The third-order valence-electron chi connectivity index (χ3n) is 6.44. The van der Waals surface area contributed by atoms with Crippen molar-refractivity contribution in [2.75, 3.05) is 0 Å². The Morgan fingerprint density at radius 2 is 1.87 bits per heavy atom. The molecular weight excluding hydrogens is 532 g/mol. The van der Waals surface area contributed by atoms with Crippen LogP contribution in [0.1, 0.15) is 34.5 Å². The summed E-state index contributed by atoms with van der Waals surface area (Å²) in [6, 6.07) is 10.4. The highest BCUT2D eigenvalue weighted by Gasteiger charge is 2.44. The quantitative estimate of drug-likeness (QED) is 0.263. The van der Waals surface area contributed by atoms with E-state index in [1.54, 1.807) is 25.1 Å². The lowest BCUT2D eigenvalue weighted by atomic mass is 9.87. The molecule has 0 spiro atoms. The van der Waals surface area contributed by atoms with E-state index in [1.165, 1.54) is 17.6 Å². The summed E-state index contributed by atoms with van der Waals surface area (Å²) in [7, 11) is 0. The Morgan fingerprint density at radius 3 is 2.54 bits per heavy atom. The Bertz CT molecular complexity index is 1660. The number of fused-ring (bicyclic) bond motifs is 1. The molecule has 3 heterocycles. The summed E-state index contributed by atoms with van der Waals surface area (Å²) >= 11 is 5.98. The molecule has 2 aromatic carbocycles. The van der Waals surface area contributed by atoms with E-state index in [0.29, 0.717) is 32.8 Å². The molecule has 5 rings (SSSR count). The number of halogens is 3.